The second-order valence-electron chi connectivity index (χ2n) is 6.42. The zero-order valence-electron chi connectivity index (χ0n) is 14.2. The average Bonchev–Trinajstić information content (AvgIpc) is 2.62. The number of carboxylic acid groups (broad SMARTS) is 1. The Hall–Kier alpha value is -3.15. The molecule has 0 amide bonds. The highest BCUT2D eigenvalue weighted by Gasteiger charge is 2.29. The lowest BCUT2D eigenvalue weighted by atomic mass is 9.81. The van der Waals surface area contributed by atoms with Gasteiger partial charge in [0.05, 0.1) is 6.42 Å². The van der Waals surface area contributed by atoms with Gasteiger partial charge in [0.2, 0.25) is 0 Å². The van der Waals surface area contributed by atoms with Crippen molar-refractivity contribution in [1.29, 1.82) is 5.41 Å². The smallest absolute Gasteiger partial charge is 0.304 e. The summed E-state index contributed by atoms with van der Waals surface area (Å²) in [6.07, 6.45) is 1.10. The average molecular weight is 352 g/mol. The van der Waals surface area contributed by atoms with Crippen molar-refractivity contribution in [2.24, 2.45) is 11.7 Å². The molecule has 0 bridgehead atoms. The molecular formula is C20H20N2O4. The quantitative estimate of drug-likeness (QED) is 0.546. The van der Waals surface area contributed by atoms with Crippen LogP contribution in [-0.4, -0.2) is 22.7 Å². The zero-order valence-corrected chi connectivity index (χ0v) is 14.2. The summed E-state index contributed by atoms with van der Waals surface area (Å²) in [4.78, 5) is 23.3. The molecule has 1 aliphatic rings. The van der Waals surface area contributed by atoms with Gasteiger partial charge in [0.1, 0.15) is 18.2 Å². The maximum atomic E-state index is 12.4. The molecule has 0 heterocycles. The first-order valence-corrected chi connectivity index (χ1v) is 8.39. The van der Waals surface area contributed by atoms with E-state index in [4.69, 9.17) is 21.0 Å². The Morgan fingerprint density at radius 3 is 2.62 bits per heavy atom. The number of hydrogen-bond donors (Lipinski definition) is 3. The van der Waals surface area contributed by atoms with E-state index in [2.05, 4.69) is 0 Å². The standard InChI is InChI=1S/C20H20N2O4/c21-20(22)13-3-1-12(2-4-13)11-26-16-7-8-17-14(9-16)5-6-15(19(17)25)10-18(23)24/h1-4,7-9,15H,5-6,10-11H2,(H3,21,22)(H,23,24). The molecule has 0 aromatic heterocycles. The van der Waals surface area contributed by atoms with Crippen molar-refractivity contribution < 1.29 is 19.4 Å². The summed E-state index contributed by atoms with van der Waals surface area (Å²) in [6, 6.07) is 12.6. The molecule has 134 valence electrons. The van der Waals surface area contributed by atoms with Crippen molar-refractivity contribution in [2.45, 2.75) is 25.9 Å². The third-order valence-electron chi connectivity index (χ3n) is 4.57. The van der Waals surface area contributed by atoms with Gasteiger partial charge in [0.15, 0.2) is 5.78 Å². The van der Waals surface area contributed by atoms with E-state index < -0.39 is 11.9 Å². The highest BCUT2D eigenvalue weighted by atomic mass is 16.5. The van der Waals surface area contributed by atoms with Crippen LogP contribution in [0.2, 0.25) is 0 Å². The van der Waals surface area contributed by atoms with Crippen LogP contribution in [0.1, 0.15) is 39.9 Å². The first-order chi connectivity index (χ1) is 12.4. The number of amidine groups is 1. The fourth-order valence-electron chi connectivity index (χ4n) is 3.14. The molecule has 0 spiro atoms. The van der Waals surface area contributed by atoms with Gasteiger partial charge in [0, 0.05) is 17.0 Å². The third-order valence-corrected chi connectivity index (χ3v) is 4.57. The topological polar surface area (TPSA) is 113 Å². The Morgan fingerprint density at radius 2 is 1.96 bits per heavy atom. The van der Waals surface area contributed by atoms with Gasteiger partial charge >= 0.3 is 5.97 Å². The van der Waals surface area contributed by atoms with Gasteiger partial charge in [0.25, 0.3) is 0 Å². The van der Waals surface area contributed by atoms with Crippen LogP contribution in [0.5, 0.6) is 5.75 Å². The Morgan fingerprint density at radius 1 is 1.23 bits per heavy atom. The number of hydrogen-bond acceptors (Lipinski definition) is 4. The molecule has 1 unspecified atom stereocenters. The Kier molecular flexibility index (Phi) is 5.02. The molecule has 0 fully saturated rings. The van der Waals surface area contributed by atoms with Crippen molar-refractivity contribution in [1.82, 2.24) is 0 Å². The number of nitrogens with one attached hydrogen (secondary N) is 1. The van der Waals surface area contributed by atoms with E-state index >= 15 is 0 Å². The van der Waals surface area contributed by atoms with Gasteiger partial charge in [-0.25, -0.2) is 0 Å². The fraction of sp³-hybridized carbons (Fsp3) is 0.250. The van der Waals surface area contributed by atoms with Gasteiger partial charge in [-0.3, -0.25) is 15.0 Å². The van der Waals surface area contributed by atoms with Gasteiger partial charge in [-0.1, -0.05) is 24.3 Å². The second kappa shape index (κ2) is 7.39. The van der Waals surface area contributed by atoms with E-state index in [0.717, 1.165) is 11.1 Å². The van der Waals surface area contributed by atoms with E-state index in [0.29, 0.717) is 36.3 Å². The van der Waals surface area contributed by atoms with E-state index in [9.17, 15) is 9.59 Å². The normalized spacial score (nSPS) is 16.0. The van der Waals surface area contributed by atoms with Gasteiger partial charge in [-0.2, -0.15) is 0 Å². The number of aliphatic carboxylic acids is 1. The molecular weight excluding hydrogens is 332 g/mol. The Labute approximate surface area is 151 Å². The lowest BCUT2D eigenvalue weighted by Crippen LogP contribution is -2.24. The number of nitrogens with two attached hydrogens (primary N) is 1. The molecule has 3 rings (SSSR count). The van der Waals surface area contributed by atoms with E-state index in [1.165, 1.54) is 0 Å². The number of carboxylic acids is 1. The minimum absolute atomic E-state index is 0.0259. The number of carbonyl (C=O) groups excluding carboxylic acids is 1. The van der Waals surface area contributed by atoms with Crippen LogP contribution in [0.25, 0.3) is 0 Å². The summed E-state index contributed by atoms with van der Waals surface area (Å²) >= 11 is 0. The van der Waals surface area contributed by atoms with Crippen LogP contribution in [0.4, 0.5) is 0 Å². The van der Waals surface area contributed by atoms with Gasteiger partial charge in [-0.15, -0.1) is 0 Å². The Balaban J connectivity index is 1.67. The number of ether oxygens (including phenoxy) is 1. The maximum absolute atomic E-state index is 12.4. The lowest BCUT2D eigenvalue weighted by molar-refractivity contribution is -0.137. The molecule has 0 saturated heterocycles. The molecule has 2 aromatic carbocycles. The summed E-state index contributed by atoms with van der Waals surface area (Å²) in [6.45, 7) is 0.368. The number of aryl methyl sites for hydroxylation is 1. The minimum atomic E-state index is -0.942. The third kappa shape index (κ3) is 3.91. The molecule has 6 nitrogen and oxygen atoms in total. The first-order valence-electron chi connectivity index (χ1n) is 8.39. The molecule has 0 aliphatic heterocycles. The molecule has 1 atom stereocenters. The van der Waals surface area contributed by atoms with E-state index in [1.807, 2.05) is 18.2 Å². The predicted molar refractivity (Wildman–Crippen MR) is 96.6 cm³/mol. The monoisotopic (exact) mass is 352 g/mol. The molecule has 1 aliphatic carbocycles. The van der Waals surface area contributed by atoms with Crippen molar-refractivity contribution in [3.8, 4) is 5.75 Å². The van der Waals surface area contributed by atoms with Crippen molar-refractivity contribution in [2.75, 3.05) is 0 Å². The van der Waals surface area contributed by atoms with E-state index in [1.54, 1.807) is 24.3 Å². The summed E-state index contributed by atoms with van der Waals surface area (Å²) in [5, 5.41) is 16.3. The van der Waals surface area contributed by atoms with Gasteiger partial charge < -0.3 is 15.6 Å². The minimum Gasteiger partial charge on any atom is -0.489 e. The summed E-state index contributed by atoms with van der Waals surface area (Å²) in [7, 11) is 0. The molecule has 0 radical (unpaired) electrons. The molecule has 26 heavy (non-hydrogen) atoms. The lowest BCUT2D eigenvalue weighted by Gasteiger charge is -2.22. The van der Waals surface area contributed by atoms with Crippen molar-refractivity contribution in [3.05, 3.63) is 64.7 Å². The number of Topliss-reactive ketones (excluding diaryl/α,β-unsaturated/α-hetero) is 1. The summed E-state index contributed by atoms with van der Waals surface area (Å²) in [5.41, 5.74) is 8.55. The molecule has 4 N–H and O–H groups in total. The van der Waals surface area contributed by atoms with Crippen LogP contribution < -0.4 is 10.5 Å². The van der Waals surface area contributed by atoms with E-state index in [-0.39, 0.29) is 18.0 Å². The predicted octanol–water partition coefficient (Wildman–Crippen LogP) is 2.77. The van der Waals surface area contributed by atoms with Crippen LogP contribution in [0.15, 0.2) is 42.5 Å². The number of ketones is 1. The highest BCUT2D eigenvalue weighted by Crippen LogP contribution is 2.30. The van der Waals surface area contributed by atoms with Crippen molar-refractivity contribution in [3.63, 3.8) is 0 Å². The SMILES string of the molecule is N=C(N)c1ccc(COc2ccc3c(c2)CCC(CC(=O)O)C3=O)cc1. The number of rotatable bonds is 6. The van der Waals surface area contributed by atoms with Crippen LogP contribution >= 0.6 is 0 Å². The molecule has 6 heteroatoms. The number of fused-ring (bicyclic) bond motifs is 1. The second-order valence-corrected chi connectivity index (χ2v) is 6.42. The largest absolute Gasteiger partial charge is 0.489 e. The molecule has 2 aromatic rings. The van der Waals surface area contributed by atoms with Crippen LogP contribution in [-0.2, 0) is 17.8 Å². The fourth-order valence-corrected chi connectivity index (χ4v) is 3.14. The summed E-state index contributed by atoms with van der Waals surface area (Å²) < 4.78 is 5.79. The van der Waals surface area contributed by atoms with Crippen LogP contribution in [0.3, 0.4) is 0 Å². The number of nitrogen functional groups attached to an aromatic ring is 1. The van der Waals surface area contributed by atoms with Crippen molar-refractivity contribution >= 4 is 17.6 Å². The summed E-state index contributed by atoms with van der Waals surface area (Å²) in [5.74, 6) is -0.781. The zero-order chi connectivity index (χ0) is 18.7. The first kappa shape index (κ1) is 17.7. The van der Waals surface area contributed by atoms with Crippen LogP contribution in [0, 0.1) is 11.3 Å². The highest BCUT2D eigenvalue weighted by molar-refractivity contribution is 6.01. The van der Waals surface area contributed by atoms with Gasteiger partial charge in [-0.05, 0) is 42.2 Å². The number of benzene rings is 2. The molecule has 0 saturated carbocycles. The maximum Gasteiger partial charge on any atom is 0.304 e. The number of carbonyl (C=O) groups is 2. The Bertz CT molecular complexity index is 859.